The first-order chi connectivity index (χ1) is 16.8. The smallest absolute Gasteiger partial charge is 0.247 e. The standard InChI is InChI=1S/C24H28ClFN4O3S2/c1-3-28(4-2)15-16-29(24-27-22-19(26)7-5-9-21(22)34-24)23(31)20-8-6-14-30(20)35(32,33)18-12-10-17(25)11-13-18/h5,7,9-13,20H,3-4,6,8,14-16H2,1-2H3. The second kappa shape index (κ2) is 10.9. The minimum atomic E-state index is -3.90. The number of benzene rings is 2. The number of halogens is 2. The van der Waals surface area contributed by atoms with Crippen molar-refractivity contribution >= 4 is 54.2 Å². The number of aromatic nitrogens is 1. The zero-order valence-electron chi connectivity index (χ0n) is 19.7. The molecule has 2 aromatic carbocycles. The van der Waals surface area contributed by atoms with E-state index in [-0.39, 0.29) is 22.9 Å². The van der Waals surface area contributed by atoms with E-state index < -0.39 is 21.9 Å². The highest BCUT2D eigenvalue weighted by molar-refractivity contribution is 7.89. The van der Waals surface area contributed by atoms with Crippen LogP contribution in [-0.2, 0) is 14.8 Å². The van der Waals surface area contributed by atoms with Crippen LogP contribution in [0.25, 0.3) is 10.2 Å². The fraction of sp³-hybridized carbons (Fsp3) is 0.417. The van der Waals surface area contributed by atoms with Crippen LogP contribution in [0.1, 0.15) is 26.7 Å². The van der Waals surface area contributed by atoms with Gasteiger partial charge in [0.1, 0.15) is 17.4 Å². The van der Waals surface area contributed by atoms with Gasteiger partial charge >= 0.3 is 0 Å². The van der Waals surface area contributed by atoms with E-state index in [0.29, 0.717) is 40.8 Å². The van der Waals surface area contributed by atoms with Crippen molar-refractivity contribution in [1.29, 1.82) is 0 Å². The molecule has 1 amide bonds. The Bertz CT molecular complexity index is 1300. The van der Waals surface area contributed by atoms with Crippen LogP contribution in [-0.4, -0.2) is 67.3 Å². The Balaban J connectivity index is 1.68. The molecule has 35 heavy (non-hydrogen) atoms. The van der Waals surface area contributed by atoms with Crippen LogP contribution in [0.4, 0.5) is 9.52 Å². The van der Waals surface area contributed by atoms with Crippen LogP contribution in [0.5, 0.6) is 0 Å². The molecule has 1 unspecified atom stereocenters. The fourth-order valence-corrected chi connectivity index (χ4v) is 7.08. The summed E-state index contributed by atoms with van der Waals surface area (Å²) in [6.45, 7) is 6.88. The Morgan fingerprint density at radius 2 is 1.89 bits per heavy atom. The van der Waals surface area contributed by atoms with Crippen molar-refractivity contribution < 1.29 is 17.6 Å². The molecule has 0 radical (unpaired) electrons. The molecule has 0 bridgehead atoms. The molecule has 0 saturated carbocycles. The van der Waals surface area contributed by atoms with Gasteiger partial charge in [-0.1, -0.05) is 42.9 Å². The molecule has 0 aliphatic carbocycles. The maximum atomic E-state index is 14.4. The first-order valence-electron chi connectivity index (χ1n) is 11.6. The number of amides is 1. The quantitative estimate of drug-likeness (QED) is 0.397. The number of hydrogen-bond acceptors (Lipinski definition) is 6. The minimum Gasteiger partial charge on any atom is -0.302 e. The number of hydrogen-bond donors (Lipinski definition) is 0. The Morgan fingerprint density at radius 3 is 2.54 bits per heavy atom. The number of sulfonamides is 1. The lowest BCUT2D eigenvalue weighted by Gasteiger charge is -2.30. The fourth-order valence-electron chi connectivity index (χ4n) is 4.30. The van der Waals surface area contributed by atoms with E-state index in [4.69, 9.17) is 11.6 Å². The van der Waals surface area contributed by atoms with E-state index in [0.717, 1.165) is 13.1 Å². The number of fused-ring (bicyclic) bond motifs is 1. The molecule has 1 aliphatic heterocycles. The monoisotopic (exact) mass is 538 g/mol. The van der Waals surface area contributed by atoms with E-state index >= 15 is 0 Å². The summed E-state index contributed by atoms with van der Waals surface area (Å²) in [5.41, 5.74) is 0.213. The molecule has 1 aliphatic rings. The van der Waals surface area contributed by atoms with Crippen molar-refractivity contribution in [2.45, 2.75) is 37.6 Å². The summed E-state index contributed by atoms with van der Waals surface area (Å²) in [6.07, 6.45) is 0.980. The van der Waals surface area contributed by atoms with Gasteiger partial charge in [-0.2, -0.15) is 4.31 Å². The molecule has 1 saturated heterocycles. The van der Waals surface area contributed by atoms with Gasteiger partial charge in [-0.05, 0) is 62.3 Å². The molecule has 0 N–H and O–H groups in total. The number of anilines is 1. The van der Waals surface area contributed by atoms with Gasteiger partial charge in [0.2, 0.25) is 15.9 Å². The largest absolute Gasteiger partial charge is 0.302 e. The summed E-state index contributed by atoms with van der Waals surface area (Å²) >= 11 is 7.17. The van der Waals surface area contributed by atoms with Gasteiger partial charge in [-0.15, -0.1) is 0 Å². The lowest BCUT2D eigenvalue weighted by Crippen LogP contribution is -2.49. The molecular formula is C24H28ClFN4O3S2. The minimum absolute atomic E-state index is 0.0957. The Labute approximate surface area is 214 Å². The SMILES string of the molecule is CCN(CC)CCN(C(=O)C1CCCN1S(=O)(=O)c1ccc(Cl)cc1)c1nc2c(F)cccc2s1. The van der Waals surface area contributed by atoms with Gasteiger partial charge in [-0.25, -0.2) is 17.8 Å². The van der Waals surface area contributed by atoms with Crippen LogP contribution in [0, 0.1) is 5.82 Å². The summed E-state index contributed by atoms with van der Waals surface area (Å²) in [5, 5.41) is 0.807. The van der Waals surface area contributed by atoms with Crippen molar-refractivity contribution in [3.63, 3.8) is 0 Å². The van der Waals surface area contributed by atoms with Gasteiger partial charge in [0.25, 0.3) is 0 Å². The van der Waals surface area contributed by atoms with Gasteiger partial charge in [0.05, 0.1) is 9.60 Å². The van der Waals surface area contributed by atoms with Crippen molar-refractivity contribution in [3.8, 4) is 0 Å². The molecule has 1 aromatic heterocycles. The van der Waals surface area contributed by atoms with Crippen LogP contribution in [0.3, 0.4) is 0 Å². The summed E-state index contributed by atoms with van der Waals surface area (Å²) in [4.78, 5) is 22.1. The first kappa shape index (κ1) is 26.0. The number of likely N-dealkylation sites (N-methyl/N-ethyl adjacent to an activating group) is 1. The highest BCUT2D eigenvalue weighted by atomic mass is 35.5. The van der Waals surface area contributed by atoms with Crippen LogP contribution in [0.2, 0.25) is 5.02 Å². The lowest BCUT2D eigenvalue weighted by molar-refractivity contribution is -0.121. The normalized spacial score (nSPS) is 16.9. The topological polar surface area (TPSA) is 73.8 Å². The highest BCUT2D eigenvalue weighted by Crippen LogP contribution is 2.33. The first-order valence-corrected chi connectivity index (χ1v) is 14.3. The molecule has 2 heterocycles. The second-order valence-corrected chi connectivity index (χ2v) is 11.7. The molecule has 1 fully saturated rings. The Morgan fingerprint density at radius 1 is 1.17 bits per heavy atom. The number of nitrogens with zero attached hydrogens (tertiary/aromatic N) is 4. The third-order valence-electron chi connectivity index (χ3n) is 6.30. The van der Waals surface area contributed by atoms with E-state index in [9.17, 15) is 17.6 Å². The van der Waals surface area contributed by atoms with Gasteiger partial charge in [0.15, 0.2) is 5.13 Å². The number of carbonyl (C=O) groups excluding carboxylic acids is 1. The van der Waals surface area contributed by atoms with Crippen LogP contribution >= 0.6 is 22.9 Å². The molecule has 3 aromatic rings. The van der Waals surface area contributed by atoms with E-state index in [1.807, 2.05) is 13.8 Å². The van der Waals surface area contributed by atoms with Crippen molar-refractivity contribution in [3.05, 3.63) is 53.3 Å². The molecule has 188 valence electrons. The molecule has 4 rings (SSSR count). The van der Waals surface area contributed by atoms with Gasteiger partial charge in [-0.3, -0.25) is 9.69 Å². The number of para-hydroxylation sites is 1. The zero-order valence-corrected chi connectivity index (χ0v) is 22.0. The van der Waals surface area contributed by atoms with Crippen molar-refractivity contribution in [1.82, 2.24) is 14.2 Å². The number of thiazole rings is 1. The summed E-state index contributed by atoms with van der Waals surface area (Å²) in [5.74, 6) is -0.791. The molecule has 0 spiro atoms. The van der Waals surface area contributed by atoms with E-state index in [1.54, 1.807) is 12.1 Å². The predicted octanol–water partition coefficient (Wildman–Crippen LogP) is 4.62. The third-order valence-corrected chi connectivity index (χ3v) is 9.52. The lowest BCUT2D eigenvalue weighted by atomic mass is 10.2. The molecular weight excluding hydrogens is 511 g/mol. The highest BCUT2D eigenvalue weighted by Gasteiger charge is 2.42. The van der Waals surface area contributed by atoms with E-state index in [2.05, 4.69) is 9.88 Å². The van der Waals surface area contributed by atoms with Gasteiger partial charge in [0, 0.05) is 24.7 Å². The maximum Gasteiger partial charge on any atom is 0.247 e. The average Bonchev–Trinajstić information content (AvgIpc) is 3.51. The third kappa shape index (κ3) is 5.36. The predicted molar refractivity (Wildman–Crippen MR) is 138 cm³/mol. The van der Waals surface area contributed by atoms with E-state index in [1.165, 1.54) is 50.9 Å². The Kier molecular flexibility index (Phi) is 8.07. The molecule has 7 nitrogen and oxygen atoms in total. The number of rotatable bonds is 9. The molecule has 11 heteroatoms. The van der Waals surface area contributed by atoms with Crippen LogP contribution < -0.4 is 4.90 Å². The van der Waals surface area contributed by atoms with Crippen LogP contribution in [0.15, 0.2) is 47.4 Å². The number of carbonyl (C=O) groups is 1. The maximum absolute atomic E-state index is 14.4. The average molecular weight is 539 g/mol. The summed E-state index contributed by atoms with van der Waals surface area (Å²) < 4.78 is 43.1. The second-order valence-electron chi connectivity index (χ2n) is 8.33. The molecule has 1 atom stereocenters. The van der Waals surface area contributed by atoms with Crippen molar-refractivity contribution in [2.24, 2.45) is 0 Å². The zero-order chi connectivity index (χ0) is 25.2. The van der Waals surface area contributed by atoms with Gasteiger partial charge < -0.3 is 4.90 Å². The Hall–Kier alpha value is -2.11. The van der Waals surface area contributed by atoms with Crippen molar-refractivity contribution in [2.75, 3.05) is 37.6 Å². The summed E-state index contributed by atoms with van der Waals surface area (Å²) in [7, 11) is -3.90. The summed E-state index contributed by atoms with van der Waals surface area (Å²) in [6, 6.07) is 9.80.